The lowest BCUT2D eigenvalue weighted by atomic mass is 10.2. The number of ether oxygens (including phenoxy) is 1. The average molecular weight is 240 g/mol. The fourth-order valence-electron chi connectivity index (χ4n) is 1.38. The summed E-state index contributed by atoms with van der Waals surface area (Å²) < 4.78 is 18.6. The summed E-state index contributed by atoms with van der Waals surface area (Å²) in [7, 11) is 0. The molecule has 0 aliphatic rings. The van der Waals surface area contributed by atoms with Gasteiger partial charge in [0.15, 0.2) is 11.6 Å². The monoisotopic (exact) mass is 240 g/mol. The molecular formula is C12H17FN2O2. The van der Waals surface area contributed by atoms with E-state index in [1.807, 2.05) is 13.8 Å². The van der Waals surface area contributed by atoms with E-state index in [9.17, 15) is 9.18 Å². The highest BCUT2D eigenvalue weighted by Crippen LogP contribution is 2.18. The molecule has 5 heteroatoms. The first kappa shape index (κ1) is 13.4. The van der Waals surface area contributed by atoms with Crippen LogP contribution in [0, 0.1) is 12.7 Å². The van der Waals surface area contributed by atoms with Crippen molar-refractivity contribution in [1.29, 1.82) is 0 Å². The Morgan fingerprint density at radius 2 is 2.29 bits per heavy atom. The molecule has 1 amide bonds. The van der Waals surface area contributed by atoms with Gasteiger partial charge in [-0.3, -0.25) is 4.79 Å². The van der Waals surface area contributed by atoms with Gasteiger partial charge in [-0.2, -0.15) is 0 Å². The summed E-state index contributed by atoms with van der Waals surface area (Å²) in [5.41, 5.74) is 6.07. The standard InChI is InChI=1S/C12H17FN2O2/c1-3-15-10(12(14)16)7-17-11-6-8(2)4-5-9(11)13/h4-6,10,15H,3,7H2,1-2H3,(H2,14,16). The average Bonchev–Trinajstić information content (AvgIpc) is 2.28. The predicted molar refractivity (Wildman–Crippen MR) is 63.3 cm³/mol. The lowest BCUT2D eigenvalue weighted by Gasteiger charge is -2.15. The quantitative estimate of drug-likeness (QED) is 0.779. The summed E-state index contributed by atoms with van der Waals surface area (Å²) in [5.74, 6) is -0.829. The second-order valence-corrected chi connectivity index (χ2v) is 3.76. The van der Waals surface area contributed by atoms with Crippen LogP contribution in [0.5, 0.6) is 5.75 Å². The number of likely N-dealkylation sites (N-methyl/N-ethyl adjacent to an activating group) is 1. The zero-order valence-electron chi connectivity index (χ0n) is 10.00. The van der Waals surface area contributed by atoms with Gasteiger partial charge in [0.1, 0.15) is 12.6 Å². The molecule has 1 aromatic carbocycles. The molecule has 0 bridgehead atoms. The van der Waals surface area contributed by atoms with Gasteiger partial charge in [0.25, 0.3) is 0 Å². The maximum absolute atomic E-state index is 13.3. The molecule has 17 heavy (non-hydrogen) atoms. The van der Waals surface area contributed by atoms with E-state index in [4.69, 9.17) is 10.5 Å². The van der Waals surface area contributed by atoms with E-state index in [1.54, 1.807) is 12.1 Å². The molecule has 1 rings (SSSR count). The topological polar surface area (TPSA) is 64.3 Å². The molecule has 3 N–H and O–H groups in total. The molecule has 1 aromatic rings. The third-order valence-corrected chi connectivity index (χ3v) is 2.29. The zero-order valence-corrected chi connectivity index (χ0v) is 10.00. The number of aryl methyl sites for hydroxylation is 1. The molecule has 0 fully saturated rings. The Bertz CT molecular complexity index is 396. The summed E-state index contributed by atoms with van der Waals surface area (Å²) in [6.45, 7) is 4.29. The van der Waals surface area contributed by atoms with E-state index in [1.165, 1.54) is 6.07 Å². The Kier molecular flexibility index (Phi) is 4.90. The fraction of sp³-hybridized carbons (Fsp3) is 0.417. The number of carbonyl (C=O) groups excluding carboxylic acids is 1. The highest BCUT2D eigenvalue weighted by molar-refractivity contribution is 5.80. The van der Waals surface area contributed by atoms with Crippen LogP contribution in [0.2, 0.25) is 0 Å². The van der Waals surface area contributed by atoms with Crippen LogP contribution in [-0.2, 0) is 4.79 Å². The summed E-state index contributed by atoms with van der Waals surface area (Å²) in [5, 5.41) is 2.86. The van der Waals surface area contributed by atoms with Crippen molar-refractivity contribution in [1.82, 2.24) is 5.32 Å². The van der Waals surface area contributed by atoms with Crippen molar-refractivity contribution in [3.8, 4) is 5.75 Å². The highest BCUT2D eigenvalue weighted by Gasteiger charge is 2.15. The van der Waals surface area contributed by atoms with Crippen LogP contribution in [-0.4, -0.2) is 25.1 Å². The molecule has 0 radical (unpaired) electrons. The highest BCUT2D eigenvalue weighted by atomic mass is 19.1. The molecular weight excluding hydrogens is 223 g/mol. The number of rotatable bonds is 6. The molecule has 0 heterocycles. The van der Waals surface area contributed by atoms with Crippen molar-refractivity contribution in [2.45, 2.75) is 19.9 Å². The molecule has 0 aliphatic heterocycles. The van der Waals surface area contributed by atoms with Gasteiger partial charge in [-0.05, 0) is 31.2 Å². The summed E-state index contributed by atoms with van der Waals surface area (Å²) >= 11 is 0. The number of amides is 1. The molecule has 0 saturated carbocycles. The molecule has 0 spiro atoms. The van der Waals surface area contributed by atoms with Crippen molar-refractivity contribution in [3.63, 3.8) is 0 Å². The molecule has 4 nitrogen and oxygen atoms in total. The number of primary amides is 1. The minimum absolute atomic E-state index is 0.0174. The van der Waals surface area contributed by atoms with E-state index in [2.05, 4.69) is 5.32 Å². The molecule has 1 atom stereocenters. The Morgan fingerprint density at radius 3 is 2.88 bits per heavy atom. The van der Waals surface area contributed by atoms with Gasteiger partial charge < -0.3 is 15.8 Å². The van der Waals surface area contributed by atoms with Crippen LogP contribution in [0.15, 0.2) is 18.2 Å². The lowest BCUT2D eigenvalue weighted by molar-refractivity contribution is -0.120. The van der Waals surface area contributed by atoms with Crippen LogP contribution < -0.4 is 15.8 Å². The van der Waals surface area contributed by atoms with E-state index < -0.39 is 17.8 Å². The summed E-state index contributed by atoms with van der Waals surface area (Å²) in [6.07, 6.45) is 0. The number of nitrogens with one attached hydrogen (secondary N) is 1. The van der Waals surface area contributed by atoms with E-state index in [0.29, 0.717) is 6.54 Å². The van der Waals surface area contributed by atoms with Gasteiger partial charge in [-0.25, -0.2) is 4.39 Å². The SMILES string of the molecule is CCNC(COc1cc(C)ccc1F)C(N)=O. The van der Waals surface area contributed by atoms with Crippen LogP contribution in [0.3, 0.4) is 0 Å². The third kappa shape index (κ3) is 4.03. The van der Waals surface area contributed by atoms with Crippen LogP contribution >= 0.6 is 0 Å². The number of hydrogen-bond donors (Lipinski definition) is 2. The number of carbonyl (C=O) groups is 1. The Hall–Kier alpha value is -1.62. The van der Waals surface area contributed by atoms with Gasteiger partial charge in [-0.15, -0.1) is 0 Å². The number of hydrogen-bond acceptors (Lipinski definition) is 3. The molecule has 0 aromatic heterocycles. The smallest absolute Gasteiger partial charge is 0.238 e. The number of benzene rings is 1. The maximum atomic E-state index is 13.3. The summed E-state index contributed by atoms with van der Waals surface area (Å²) in [6, 6.07) is 3.95. The summed E-state index contributed by atoms with van der Waals surface area (Å²) in [4.78, 5) is 11.0. The van der Waals surface area contributed by atoms with Crippen molar-refractivity contribution >= 4 is 5.91 Å². The second kappa shape index (κ2) is 6.20. The largest absolute Gasteiger partial charge is 0.488 e. The van der Waals surface area contributed by atoms with Gasteiger partial charge in [0.05, 0.1) is 0 Å². The van der Waals surface area contributed by atoms with Crippen molar-refractivity contribution < 1.29 is 13.9 Å². The van der Waals surface area contributed by atoms with Crippen LogP contribution in [0.1, 0.15) is 12.5 Å². The Morgan fingerprint density at radius 1 is 1.59 bits per heavy atom. The minimum atomic E-state index is -0.611. The second-order valence-electron chi connectivity index (χ2n) is 3.76. The van der Waals surface area contributed by atoms with E-state index >= 15 is 0 Å². The van der Waals surface area contributed by atoms with E-state index in [-0.39, 0.29) is 12.4 Å². The van der Waals surface area contributed by atoms with Gasteiger partial charge in [0.2, 0.25) is 5.91 Å². The molecule has 0 aliphatic carbocycles. The first-order chi connectivity index (χ1) is 8.04. The fourth-order valence-corrected chi connectivity index (χ4v) is 1.38. The van der Waals surface area contributed by atoms with Gasteiger partial charge in [-0.1, -0.05) is 13.0 Å². The van der Waals surface area contributed by atoms with Crippen molar-refractivity contribution in [3.05, 3.63) is 29.6 Å². The maximum Gasteiger partial charge on any atom is 0.238 e. The first-order valence-electron chi connectivity index (χ1n) is 5.46. The number of halogens is 1. The van der Waals surface area contributed by atoms with Crippen LogP contribution in [0.4, 0.5) is 4.39 Å². The first-order valence-corrected chi connectivity index (χ1v) is 5.46. The van der Waals surface area contributed by atoms with E-state index in [0.717, 1.165) is 5.56 Å². The molecule has 94 valence electrons. The Labute approximate surface area is 100.0 Å². The minimum Gasteiger partial charge on any atom is -0.488 e. The van der Waals surface area contributed by atoms with Crippen molar-refractivity contribution in [2.24, 2.45) is 5.73 Å². The molecule has 1 unspecified atom stereocenters. The van der Waals surface area contributed by atoms with Crippen molar-refractivity contribution in [2.75, 3.05) is 13.2 Å². The van der Waals surface area contributed by atoms with Crippen LogP contribution in [0.25, 0.3) is 0 Å². The molecule has 0 saturated heterocycles. The zero-order chi connectivity index (χ0) is 12.8. The normalized spacial score (nSPS) is 12.2. The Balaban J connectivity index is 2.64. The predicted octanol–water partition coefficient (Wildman–Crippen LogP) is 0.976. The number of nitrogens with two attached hydrogens (primary N) is 1. The lowest BCUT2D eigenvalue weighted by Crippen LogP contribution is -2.45. The van der Waals surface area contributed by atoms with Gasteiger partial charge in [0, 0.05) is 0 Å². The third-order valence-electron chi connectivity index (χ3n) is 2.29. The van der Waals surface area contributed by atoms with Gasteiger partial charge >= 0.3 is 0 Å².